The number of hydrogen-bond donors (Lipinski definition) is 1. The number of nitrogens with zero attached hydrogens (tertiary/aromatic N) is 2. The molecular formula is C11H14F2N2O3. The Balaban J connectivity index is 2.54. The first-order valence-electron chi connectivity index (χ1n) is 5.09. The molecule has 1 N–H and O–H groups in total. The molecule has 0 unspecified atom stereocenters. The summed E-state index contributed by atoms with van der Waals surface area (Å²) in [6.45, 7) is 0.795. The van der Waals surface area contributed by atoms with Gasteiger partial charge >= 0.3 is 6.11 Å². The maximum Gasteiger partial charge on any atom is 0.394 e. The second kappa shape index (κ2) is 6.15. The Labute approximate surface area is 103 Å². The lowest BCUT2D eigenvalue weighted by molar-refractivity contribution is -0.159. The summed E-state index contributed by atoms with van der Waals surface area (Å²) < 4.78 is 34.6. The minimum atomic E-state index is -3.22. The van der Waals surface area contributed by atoms with E-state index in [1.807, 2.05) is 0 Å². The predicted octanol–water partition coefficient (Wildman–Crippen LogP) is 2.46. The van der Waals surface area contributed by atoms with Gasteiger partial charge < -0.3 is 9.47 Å². The first-order chi connectivity index (χ1) is 8.37. The van der Waals surface area contributed by atoms with Crippen molar-refractivity contribution in [2.45, 2.75) is 19.6 Å². The standard InChI is InChI=1S/C11H14F2N2O3/c1-11(12,13)18-10-5-3-4-9(6-10)7-17-8-14-15(2)16/h3-6,8,16H,7H2,1-2H3/b14-8+. The molecule has 0 saturated heterocycles. The maximum absolute atomic E-state index is 12.6. The van der Waals surface area contributed by atoms with E-state index in [0.29, 0.717) is 17.7 Å². The molecule has 1 aromatic rings. The number of halogens is 2. The molecule has 100 valence electrons. The van der Waals surface area contributed by atoms with E-state index in [1.165, 1.54) is 19.2 Å². The highest BCUT2D eigenvalue weighted by Crippen LogP contribution is 2.21. The fourth-order valence-electron chi connectivity index (χ4n) is 1.14. The molecule has 18 heavy (non-hydrogen) atoms. The van der Waals surface area contributed by atoms with Crippen molar-refractivity contribution in [2.75, 3.05) is 7.05 Å². The minimum absolute atomic E-state index is 0.0554. The lowest BCUT2D eigenvalue weighted by Crippen LogP contribution is -2.19. The van der Waals surface area contributed by atoms with E-state index < -0.39 is 6.11 Å². The highest BCUT2D eigenvalue weighted by Gasteiger charge is 2.22. The third kappa shape index (κ3) is 6.00. The summed E-state index contributed by atoms with van der Waals surface area (Å²) in [4.78, 5) is 0. The lowest BCUT2D eigenvalue weighted by Gasteiger charge is -2.13. The van der Waals surface area contributed by atoms with Gasteiger partial charge in [-0.3, -0.25) is 5.21 Å². The number of hydrogen-bond acceptors (Lipinski definition) is 5. The van der Waals surface area contributed by atoms with Crippen LogP contribution in [0.1, 0.15) is 12.5 Å². The zero-order valence-corrected chi connectivity index (χ0v) is 10.0. The smallest absolute Gasteiger partial charge is 0.394 e. The molecule has 0 spiro atoms. The highest BCUT2D eigenvalue weighted by atomic mass is 19.3. The Morgan fingerprint density at radius 1 is 1.50 bits per heavy atom. The van der Waals surface area contributed by atoms with Gasteiger partial charge in [0.1, 0.15) is 12.4 Å². The third-order valence-corrected chi connectivity index (χ3v) is 1.73. The van der Waals surface area contributed by atoms with E-state index >= 15 is 0 Å². The Bertz CT molecular complexity index is 406. The molecule has 0 heterocycles. The average Bonchev–Trinajstić information content (AvgIpc) is 2.22. The summed E-state index contributed by atoms with van der Waals surface area (Å²) in [6, 6.07) is 6.14. The molecular weight excluding hydrogens is 246 g/mol. The van der Waals surface area contributed by atoms with E-state index in [-0.39, 0.29) is 12.4 Å². The van der Waals surface area contributed by atoms with E-state index in [4.69, 9.17) is 9.94 Å². The monoisotopic (exact) mass is 260 g/mol. The first-order valence-corrected chi connectivity index (χ1v) is 5.09. The van der Waals surface area contributed by atoms with Gasteiger partial charge in [-0.2, -0.15) is 14.0 Å². The Morgan fingerprint density at radius 3 is 2.83 bits per heavy atom. The second-order valence-corrected chi connectivity index (χ2v) is 3.58. The van der Waals surface area contributed by atoms with Gasteiger partial charge in [-0.15, -0.1) is 5.10 Å². The van der Waals surface area contributed by atoms with Crippen LogP contribution in [0, 0.1) is 0 Å². The SMILES string of the molecule is CN(O)/N=C/OCc1cccc(OC(C)(F)F)c1. The van der Waals surface area contributed by atoms with Crippen LogP contribution in [0.15, 0.2) is 29.4 Å². The van der Waals surface area contributed by atoms with Crippen molar-refractivity contribution < 1.29 is 23.5 Å². The van der Waals surface area contributed by atoms with Gasteiger partial charge in [0.05, 0.1) is 7.05 Å². The van der Waals surface area contributed by atoms with Crippen molar-refractivity contribution >= 4 is 6.40 Å². The fourth-order valence-corrected chi connectivity index (χ4v) is 1.14. The van der Waals surface area contributed by atoms with Crippen LogP contribution in [0.2, 0.25) is 0 Å². The molecule has 5 nitrogen and oxygen atoms in total. The van der Waals surface area contributed by atoms with Gasteiger partial charge in [0, 0.05) is 6.92 Å². The topological polar surface area (TPSA) is 54.3 Å². The quantitative estimate of drug-likeness (QED) is 0.485. The van der Waals surface area contributed by atoms with Crippen molar-refractivity contribution in [3.63, 3.8) is 0 Å². The van der Waals surface area contributed by atoms with Crippen LogP contribution in [0.3, 0.4) is 0 Å². The van der Waals surface area contributed by atoms with Gasteiger partial charge in [0.2, 0.25) is 0 Å². The summed E-state index contributed by atoms with van der Waals surface area (Å²) in [5.74, 6) is 0.0554. The van der Waals surface area contributed by atoms with E-state index in [0.717, 1.165) is 6.40 Å². The van der Waals surface area contributed by atoms with Gasteiger partial charge in [-0.05, 0) is 17.7 Å². The number of benzene rings is 1. The maximum atomic E-state index is 12.6. The van der Waals surface area contributed by atoms with Crippen molar-refractivity contribution in [3.05, 3.63) is 29.8 Å². The fraction of sp³-hybridized carbons (Fsp3) is 0.364. The molecule has 0 aliphatic rings. The Hall–Kier alpha value is -1.89. The summed E-state index contributed by atoms with van der Waals surface area (Å²) in [6.07, 6.45) is -2.18. The van der Waals surface area contributed by atoms with Crippen molar-refractivity contribution in [1.82, 2.24) is 5.17 Å². The molecule has 0 aromatic heterocycles. The summed E-state index contributed by atoms with van der Waals surface area (Å²) >= 11 is 0. The molecule has 1 rings (SSSR count). The molecule has 1 aromatic carbocycles. The van der Waals surface area contributed by atoms with Gasteiger partial charge in [-0.1, -0.05) is 12.1 Å². The highest BCUT2D eigenvalue weighted by molar-refractivity contribution is 5.45. The Morgan fingerprint density at radius 2 is 2.22 bits per heavy atom. The van der Waals surface area contributed by atoms with Crippen LogP contribution in [0.5, 0.6) is 5.75 Å². The summed E-state index contributed by atoms with van der Waals surface area (Å²) in [5.41, 5.74) is 0.642. The molecule has 0 bridgehead atoms. The summed E-state index contributed by atoms with van der Waals surface area (Å²) in [5, 5.41) is 12.7. The molecule has 0 radical (unpaired) electrons. The number of hydrazone groups is 1. The largest absolute Gasteiger partial charge is 0.477 e. The van der Waals surface area contributed by atoms with Crippen LogP contribution < -0.4 is 4.74 Å². The predicted molar refractivity (Wildman–Crippen MR) is 60.5 cm³/mol. The normalized spacial score (nSPS) is 11.6. The van der Waals surface area contributed by atoms with E-state index in [9.17, 15) is 8.78 Å². The van der Waals surface area contributed by atoms with Gasteiger partial charge in [0.15, 0.2) is 6.40 Å². The minimum Gasteiger partial charge on any atom is -0.477 e. The van der Waals surface area contributed by atoms with Crippen molar-refractivity contribution in [1.29, 1.82) is 0 Å². The number of ether oxygens (including phenoxy) is 2. The van der Waals surface area contributed by atoms with E-state index in [1.54, 1.807) is 12.1 Å². The van der Waals surface area contributed by atoms with Crippen LogP contribution in [-0.2, 0) is 11.3 Å². The van der Waals surface area contributed by atoms with Gasteiger partial charge in [-0.25, -0.2) is 0 Å². The molecule has 0 atom stereocenters. The molecule has 0 amide bonds. The zero-order chi connectivity index (χ0) is 13.6. The zero-order valence-electron chi connectivity index (χ0n) is 10.0. The number of alkyl halides is 2. The van der Waals surface area contributed by atoms with E-state index in [2.05, 4.69) is 9.84 Å². The number of rotatable bonds is 6. The first kappa shape index (κ1) is 14.2. The van der Waals surface area contributed by atoms with Crippen LogP contribution in [0.25, 0.3) is 0 Å². The number of hydroxylamine groups is 1. The average molecular weight is 260 g/mol. The Kier molecular flexibility index (Phi) is 4.85. The lowest BCUT2D eigenvalue weighted by atomic mass is 10.2. The van der Waals surface area contributed by atoms with Crippen LogP contribution >= 0.6 is 0 Å². The summed E-state index contributed by atoms with van der Waals surface area (Å²) in [7, 11) is 1.32. The molecule has 0 aliphatic heterocycles. The molecule has 0 aliphatic carbocycles. The van der Waals surface area contributed by atoms with Crippen molar-refractivity contribution in [2.24, 2.45) is 5.10 Å². The molecule has 0 fully saturated rings. The van der Waals surface area contributed by atoms with Gasteiger partial charge in [0.25, 0.3) is 0 Å². The molecule has 0 saturated carbocycles. The van der Waals surface area contributed by atoms with Crippen LogP contribution in [0.4, 0.5) is 8.78 Å². The van der Waals surface area contributed by atoms with Crippen LogP contribution in [-0.4, -0.2) is 29.9 Å². The third-order valence-electron chi connectivity index (χ3n) is 1.73. The second-order valence-electron chi connectivity index (χ2n) is 3.58. The molecule has 7 heteroatoms. The van der Waals surface area contributed by atoms with Crippen molar-refractivity contribution in [3.8, 4) is 5.75 Å².